The van der Waals surface area contributed by atoms with Crippen molar-refractivity contribution in [2.45, 2.75) is 37.0 Å². The van der Waals surface area contributed by atoms with Crippen molar-refractivity contribution >= 4 is 41.9 Å². The summed E-state index contributed by atoms with van der Waals surface area (Å²) < 4.78 is 28.2. The first-order valence-electron chi connectivity index (χ1n) is 6.79. The lowest BCUT2D eigenvalue weighted by Gasteiger charge is -2.35. The minimum atomic E-state index is -3.46. The Morgan fingerprint density at radius 3 is 2.40 bits per heavy atom. The van der Waals surface area contributed by atoms with Crippen molar-refractivity contribution in [3.8, 4) is 0 Å². The molecule has 0 aliphatic heterocycles. The van der Waals surface area contributed by atoms with Gasteiger partial charge in [-0.3, -0.25) is 0 Å². The molecular weight excluding hydrogens is 406 g/mol. The summed E-state index contributed by atoms with van der Waals surface area (Å²) in [6.45, 7) is 0.502. The Hall–Kier alpha value is 0.0900. The predicted octanol–water partition coefficient (Wildman–Crippen LogP) is 4.07. The van der Waals surface area contributed by atoms with E-state index in [-0.39, 0.29) is 5.41 Å². The first kappa shape index (κ1) is 16.5. The lowest BCUT2D eigenvalue weighted by Crippen LogP contribution is -2.40. The summed E-state index contributed by atoms with van der Waals surface area (Å²) in [6.07, 6.45) is 5.78. The Labute approximate surface area is 137 Å². The van der Waals surface area contributed by atoms with Gasteiger partial charge in [0.2, 0.25) is 10.0 Å². The summed E-state index contributed by atoms with van der Waals surface area (Å²) in [5.41, 5.74) is 0.0621. The second-order valence-electron chi connectivity index (χ2n) is 5.45. The molecule has 0 bridgehead atoms. The highest BCUT2D eigenvalue weighted by atomic mass is 79.9. The molecule has 2 rings (SSSR count). The molecule has 0 saturated heterocycles. The van der Waals surface area contributed by atoms with E-state index < -0.39 is 10.0 Å². The van der Waals surface area contributed by atoms with E-state index in [1.54, 1.807) is 18.2 Å². The van der Waals surface area contributed by atoms with E-state index in [1.165, 1.54) is 19.3 Å². The van der Waals surface area contributed by atoms with E-state index in [1.807, 2.05) is 6.07 Å². The third-order valence-electron chi connectivity index (χ3n) is 3.96. The van der Waals surface area contributed by atoms with E-state index in [4.69, 9.17) is 0 Å². The molecule has 0 heterocycles. The zero-order valence-corrected chi connectivity index (χ0v) is 15.2. The topological polar surface area (TPSA) is 46.2 Å². The molecular formula is C14H19Br2NO2S. The maximum atomic E-state index is 12.4. The number of rotatable bonds is 5. The van der Waals surface area contributed by atoms with Gasteiger partial charge in [0, 0.05) is 16.3 Å². The van der Waals surface area contributed by atoms with Crippen LogP contribution in [0.15, 0.2) is 33.6 Å². The largest absolute Gasteiger partial charge is 0.241 e. The molecule has 1 aliphatic carbocycles. The van der Waals surface area contributed by atoms with Crippen molar-refractivity contribution in [1.29, 1.82) is 0 Å². The summed E-state index contributed by atoms with van der Waals surface area (Å²) in [4.78, 5) is 0.306. The molecule has 1 saturated carbocycles. The van der Waals surface area contributed by atoms with Gasteiger partial charge in [-0.2, -0.15) is 0 Å². The zero-order chi connectivity index (χ0) is 14.6. The van der Waals surface area contributed by atoms with E-state index in [9.17, 15) is 8.42 Å². The monoisotopic (exact) mass is 423 g/mol. The van der Waals surface area contributed by atoms with Gasteiger partial charge in [-0.05, 0) is 46.3 Å². The Morgan fingerprint density at radius 1 is 1.15 bits per heavy atom. The Kier molecular flexibility index (Phi) is 5.68. The van der Waals surface area contributed by atoms with Crippen LogP contribution >= 0.6 is 31.9 Å². The SMILES string of the molecule is O=S(=O)(NCC1(CBr)CCCCC1)c1ccccc1Br. The van der Waals surface area contributed by atoms with Gasteiger partial charge >= 0.3 is 0 Å². The molecule has 1 aliphatic rings. The number of hydrogen-bond acceptors (Lipinski definition) is 2. The highest BCUT2D eigenvalue weighted by molar-refractivity contribution is 9.10. The molecule has 1 fully saturated rings. The van der Waals surface area contributed by atoms with Crippen molar-refractivity contribution in [2.75, 3.05) is 11.9 Å². The van der Waals surface area contributed by atoms with Crippen LogP contribution in [0.3, 0.4) is 0 Å². The summed E-state index contributed by atoms with van der Waals surface area (Å²) >= 11 is 6.86. The number of nitrogens with one attached hydrogen (secondary N) is 1. The Morgan fingerprint density at radius 2 is 1.80 bits per heavy atom. The average Bonchev–Trinajstić information content (AvgIpc) is 2.47. The first-order valence-corrected chi connectivity index (χ1v) is 10.2. The maximum Gasteiger partial charge on any atom is 0.241 e. The molecule has 1 aromatic carbocycles. The van der Waals surface area contributed by atoms with Crippen LogP contribution in [-0.4, -0.2) is 20.3 Å². The molecule has 112 valence electrons. The minimum absolute atomic E-state index is 0.0621. The van der Waals surface area contributed by atoms with Crippen molar-refractivity contribution in [3.63, 3.8) is 0 Å². The molecule has 1 N–H and O–H groups in total. The third kappa shape index (κ3) is 3.84. The van der Waals surface area contributed by atoms with Gasteiger partial charge in [-0.25, -0.2) is 13.1 Å². The molecule has 0 spiro atoms. The van der Waals surface area contributed by atoms with Crippen LogP contribution in [0.1, 0.15) is 32.1 Å². The van der Waals surface area contributed by atoms with Crippen molar-refractivity contribution < 1.29 is 8.42 Å². The van der Waals surface area contributed by atoms with E-state index >= 15 is 0 Å². The van der Waals surface area contributed by atoms with Crippen LogP contribution in [-0.2, 0) is 10.0 Å². The minimum Gasteiger partial charge on any atom is -0.211 e. The molecule has 0 aromatic heterocycles. The molecule has 1 aromatic rings. The third-order valence-corrected chi connectivity index (χ3v) is 7.56. The number of halogens is 2. The normalized spacial score (nSPS) is 18.9. The standard InChI is InChI=1S/C14H19Br2NO2S/c15-10-14(8-4-1-5-9-14)11-17-20(18,19)13-7-3-2-6-12(13)16/h2-3,6-7,17H,1,4-5,8-11H2. The smallest absolute Gasteiger partial charge is 0.211 e. The van der Waals surface area contributed by atoms with E-state index in [2.05, 4.69) is 36.6 Å². The van der Waals surface area contributed by atoms with Gasteiger partial charge < -0.3 is 0 Å². The van der Waals surface area contributed by atoms with Crippen LogP contribution in [0.5, 0.6) is 0 Å². The van der Waals surface area contributed by atoms with Gasteiger partial charge in [0.15, 0.2) is 0 Å². The summed E-state index contributed by atoms with van der Waals surface area (Å²) in [7, 11) is -3.46. The molecule has 0 atom stereocenters. The molecule has 6 heteroatoms. The molecule has 0 unspecified atom stereocenters. The van der Waals surface area contributed by atoms with Crippen LogP contribution < -0.4 is 4.72 Å². The van der Waals surface area contributed by atoms with Gasteiger partial charge in [-0.1, -0.05) is 47.3 Å². The summed E-state index contributed by atoms with van der Waals surface area (Å²) in [5.74, 6) is 0. The van der Waals surface area contributed by atoms with Crippen molar-refractivity contribution in [2.24, 2.45) is 5.41 Å². The fourth-order valence-corrected chi connectivity index (χ4v) is 5.57. The highest BCUT2D eigenvalue weighted by Crippen LogP contribution is 2.37. The first-order chi connectivity index (χ1) is 9.49. The van der Waals surface area contributed by atoms with Crippen LogP contribution in [0, 0.1) is 5.41 Å². The Bertz CT molecular complexity index is 554. The molecule has 3 nitrogen and oxygen atoms in total. The Balaban J connectivity index is 2.11. The van der Waals surface area contributed by atoms with Crippen LogP contribution in [0.25, 0.3) is 0 Å². The fraction of sp³-hybridized carbons (Fsp3) is 0.571. The number of hydrogen-bond donors (Lipinski definition) is 1. The number of benzene rings is 1. The van der Waals surface area contributed by atoms with Crippen molar-refractivity contribution in [1.82, 2.24) is 4.72 Å². The average molecular weight is 425 g/mol. The number of alkyl halides is 1. The number of sulfonamides is 1. The second-order valence-corrected chi connectivity index (χ2v) is 8.60. The van der Waals surface area contributed by atoms with E-state index in [0.717, 1.165) is 18.2 Å². The lowest BCUT2D eigenvalue weighted by atomic mass is 9.76. The van der Waals surface area contributed by atoms with Gasteiger partial charge in [0.1, 0.15) is 0 Å². The van der Waals surface area contributed by atoms with Crippen LogP contribution in [0.2, 0.25) is 0 Å². The molecule has 0 radical (unpaired) electrons. The van der Waals surface area contributed by atoms with Gasteiger partial charge in [0.25, 0.3) is 0 Å². The highest BCUT2D eigenvalue weighted by Gasteiger charge is 2.32. The fourth-order valence-electron chi connectivity index (χ4n) is 2.65. The van der Waals surface area contributed by atoms with E-state index in [0.29, 0.717) is 15.9 Å². The zero-order valence-electron chi connectivity index (χ0n) is 11.2. The molecule has 20 heavy (non-hydrogen) atoms. The quantitative estimate of drug-likeness (QED) is 0.724. The van der Waals surface area contributed by atoms with Crippen molar-refractivity contribution in [3.05, 3.63) is 28.7 Å². The molecule has 0 amide bonds. The predicted molar refractivity (Wildman–Crippen MR) is 88.6 cm³/mol. The van der Waals surface area contributed by atoms with Crippen LogP contribution in [0.4, 0.5) is 0 Å². The summed E-state index contributed by atoms with van der Waals surface area (Å²) in [6, 6.07) is 6.91. The lowest BCUT2D eigenvalue weighted by molar-refractivity contribution is 0.227. The van der Waals surface area contributed by atoms with Gasteiger partial charge in [0.05, 0.1) is 4.90 Å². The summed E-state index contributed by atoms with van der Waals surface area (Å²) in [5, 5.41) is 0.846. The maximum absolute atomic E-state index is 12.4. The second kappa shape index (κ2) is 6.90. The van der Waals surface area contributed by atoms with Gasteiger partial charge in [-0.15, -0.1) is 0 Å².